The molecular formula is C37H50N8O5. The highest BCUT2D eigenvalue weighted by Crippen LogP contribution is 2.28. The molecule has 50 heavy (non-hydrogen) atoms. The number of urea groups is 1. The Labute approximate surface area is 293 Å². The number of fused-ring (bicyclic) bond motifs is 2. The molecule has 3 fully saturated rings. The van der Waals surface area contributed by atoms with Crippen molar-refractivity contribution in [2.75, 3.05) is 78.4 Å². The highest BCUT2D eigenvalue weighted by atomic mass is 16.6. The average molecular weight is 687 g/mol. The van der Waals surface area contributed by atoms with Gasteiger partial charge in [0.2, 0.25) is 0 Å². The van der Waals surface area contributed by atoms with Crippen LogP contribution in [0.2, 0.25) is 0 Å². The number of methoxy groups -OCH3 is 1. The number of rotatable bonds is 7. The molecule has 268 valence electrons. The molecule has 4 aliphatic heterocycles. The van der Waals surface area contributed by atoms with Crippen molar-refractivity contribution in [3.8, 4) is 5.75 Å². The van der Waals surface area contributed by atoms with Crippen LogP contribution in [0.15, 0.2) is 36.5 Å². The number of hydrogen-bond acceptors (Lipinski definition) is 8. The fraction of sp³-hybridized carbons (Fsp3) is 0.568. The zero-order valence-electron chi connectivity index (χ0n) is 29.5. The maximum Gasteiger partial charge on any atom is 0.410 e. The SMILES string of the molecule is COc1ccc2c(c1)CCN(C1CCN(C(=O)OC(Cc3cc(C)c4[nH]ncc4c3)C(=O)N3CCN(C4CCN(C)CC4)CC3)CC1)C(=O)N2. The Hall–Kier alpha value is -4.36. The number of nitrogens with zero attached hydrogens (tertiary/aromatic N) is 6. The van der Waals surface area contributed by atoms with Gasteiger partial charge in [0.15, 0.2) is 6.10 Å². The molecule has 13 nitrogen and oxygen atoms in total. The monoisotopic (exact) mass is 686 g/mol. The summed E-state index contributed by atoms with van der Waals surface area (Å²) < 4.78 is 11.5. The van der Waals surface area contributed by atoms with Crippen LogP contribution in [0.1, 0.15) is 42.4 Å². The second kappa shape index (κ2) is 14.9. The highest BCUT2D eigenvalue weighted by Gasteiger charge is 2.36. The van der Waals surface area contributed by atoms with Crippen LogP contribution in [0.4, 0.5) is 15.3 Å². The van der Waals surface area contributed by atoms with Crippen LogP contribution in [-0.4, -0.2) is 144 Å². The molecular weight excluding hydrogens is 636 g/mol. The third-order valence-electron chi connectivity index (χ3n) is 11.2. The van der Waals surface area contributed by atoms with Gasteiger partial charge in [0, 0.05) is 75.4 Å². The zero-order valence-corrected chi connectivity index (χ0v) is 29.5. The number of aromatic amines is 1. The van der Waals surface area contributed by atoms with Crippen molar-refractivity contribution in [3.63, 3.8) is 0 Å². The van der Waals surface area contributed by atoms with Crippen LogP contribution in [-0.2, 0) is 22.4 Å². The molecule has 0 saturated carbocycles. The maximum atomic E-state index is 14.1. The molecule has 0 spiro atoms. The predicted molar refractivity (Wildman–Crippen MR) is 190 cm³/mol. The first-order chi connectivity index (χ1) is 24.2. The summed E-state index contributed by atoms with van der Waals surface area (Å²) in [5, 5.41) is 11.2. The quantitative estimate of drug-likeness (QED) is 0.386. The van der Waals surface area contributed by atoms with Crippen LogP contribution in [0.3, 0.4) is 0 Å². The lowest BCUT2D eigenvalue weighted by Crippen LogP contribution is -2.56. The first-order valence-electron chi connectivity index (χ1n) is 18.1. The topological polar surface area (TPSA) is 127 Å². The molecule has 0 bridgehead atoms. The lowest BCUT2D eigenvalue weighted by Gasteiger charge is -2.42. The second-order valence-corrected chi connectivity index (χ2v) is 14.3. The van der Waals surface area contributed by atoms with Crippen molar-refractivity contribution in [2.45, 2.75) is 63.6 Å². The minimum Gasteiger partial charge on any atom is -0.497 e. The Morgan fingerprint density at radius 3 is 2.40 bits per heavy atom. The van der Waals surface area contributed by atoms with Crippen molar-refractivity contribution in [1.29, 1.82) is 0 Å². The summed E-state index contributed by atoms with van der Waals surface area (Å²) in [7, 11) is 3.81. The van der Waals surface area contributed by atoms with E-state index in [9.17, 15) is 14.4 Å². The smallest absolute Gasteiger partial charge is 0.410 e. The van der Waals surface area contributed by atoms with E-state index in [0.29, 0.717) is 58.0 Å². The lowest BCUT2D eigenvalue weighted by molar-refractivity contribution is -0.143. The van der Waals surface area contributed by atoms with Gasteiger partial charge < -0.3 is 34.4 Å². The summed E-state index contributed by atoms with van der Waals surface area (Å²) in [5.74, 6) is 0.626. The number of amides is 4. The molecule has 0 aliphatic carbocycles. The number of nitrogens with one attached hydrogen (secondary N) is 2. The number of aryl methyl sites for hydroxylation is 1. The Kier molecular flexibility index (Phi) is 10.1. The van der Waals surface area contributed by atoms with Gasteiger partial charge in [0.05, 0.1) is 18.8 Å². The van der Waals surface area contributed by atoms with E-state index in [1.54, 1.807) is 18.2 Å². The maximum absolute atomic E-state index is 14.1. The summed E-state index contributed by atoms with van der Waals surface area (Å²) in [6.07, 6.45) is 4.95. The number of benzene rings is 2. The fourth-order valence-corrected chi connectivity index (χ4v) is 8.15. The Morgan fingerprint density at radius 1 is 0.920 bits per heavy atom. The molecule has 1 aromatic heterocycles. The average Bonchev–Trinajstić information content (AvgIpc) is 3.55. The molecule has 5 heterocycles. The number of ether oxygens (including phenoxy) is 2. The van der Waals surface area contributed by atoms with Crippen molar-refractivity contribution in [1.82, 2.24) is 34.7 Å². The first-order valence-corrected chi connectivity index (χ1v) is 18.1. The first kappa shape index (κ1) is 34.1. The second-order valence-electron chi connectivity index (χ2n) is 14.3. The van der Waals surface area contributed by atoms with Gasteiger partial charge in [-0.3, -0.25) is 14.8 Å². The van der Waals surface area contributed by atoms with Gasteiger partial charge in [-0.05, 0) is 100 Å². The molecule has 7 rings (SSSR count). The summed E-state index contributed by atoms with van der Waals surface area (Å²) in [6, 6.07) is 10.2. The highest BCUT2D eigenvalue weighted by molar-refractivity contribution is 5.91. The van der Waals surface area contributed by atoms with Crippen LogP contribution < -0.4 is 10.1 Å². The molecule has 13 heteroatoms. The largest absolute Gasteiger partial charge is 0.497 e. The molecule has 3 aromatic rings. The molecule has 3 saturated heterocycles. The third-order valence-corrected chi connectivity index (χ3v) is 11.2. The predicted octanol–water partition coefficient (Wildman–Crippen LogP) is 3.72. The number of hydrogen-bond donors (Lipinski definition) is 2. The van der Waals surface area contributed by atoms with Crippen molar-refractivity contribution >= 4 is 34.6 Å². The van der Waals surface area contributed by atoms with E-state index in [1.807, 2.05) is 47.1 Å². The number of piperidine rings is 2. The van der Waals surface area contributed by atoms with E-state index in [4.69, 9.17) is 9.47 Å². The Balaban J connectivity index is 0.991. The minimum absolute atomic E-state index is 0.00166. The third kappa shape index (κ3) is 7.39. The molecule has 1 unspecified atom stereocenters. The molecule has 4 aliphatic rings. The summed E-state index contributed by atoms with van der Waals surface area (Å²) in [5.41, 5.74) is 4.77. The number of likely N-dealkylation sites (tertiary alicyclic amines) is 2. The number of aromatic nitrogens is 2. The van der Waals surface area contributed by atoms with Gasteiger partial charge in [-0.25, -0.2) is 9.59 Å². The lowest BCUT2D eigenvalue weighted by atomic mass is 10.0. The van der Waals surface area contributed by atoms with Gasteiger partial charge in [0.25, 0.3) is 5.91 Å². The normalized spacial score (nSPS) is 20.7. The Morgan fingerprint density at radius 2 is 1.66 bits per heavy atom. The number of carbonyl (C=O) groups excluding carboxylic acids is 3. The van der Waals surface area contributed by atoms with Crippen LogP contribution in [0.5, 0.6) is 5.75 Å². The summed E-state index contributed by atoms with van der Waals surface area (Å²) in [6.45, 7) is 8.62. The van der Waals surface area contributed by atoms with E-state index in [1.165, 1.54) is 0 Å². The van der Waals surface area contributed by atoms with E-state index < -0.39 is 12.2 Å². The molecule has 4 amide bonds. The number of H-pyrrole nitrogens is 1. The van der Waals surface area contributed by atoms with Crippen molar-refractivity contribution < 1.29 is 23.9 Å². The van der Waals surface area contributed by atoms with Crippen LogP contribution >= 0.6 is 0 Å². The molecule has 2 aromatic carbocycles. The van der Waals surface area contributed by atoms with Gasteiger partial charge in [0.1, 0.15) is 5.75 Å². The molecule has 2 N–H and O–H groups in total. The van der Waals surface area contributed by atoms with Gasteiger partial charge in [-0.15, -0.1) is 0 Å². The van der Waals surface area contributed by atoms with E-state index in [-0.39, 0.29) is 24.4 Å². The van der Waals surface area contributed by atoms with Crippen LogP contribution in [0, 0.1) is 6.92 Å². The molecule has 1 atom stereocenters. The summed E-state index contributed by atoms with van der Waals surface area (Å²) in [4.78, 5) is 51.4. The van der Waals surface area contributed by atoms with Crippen molar-refractivity contribution in [3.05, 3.63) is 53.2 Å². The van der Waals surface area contributed by atoms with Crippen LogP contribution in [0.25, 0.3) is 10.9 Å². The Bertz CT molecular complexity index is 1690. The fourth-order valence-electron chi connectivity index (χ4n) is 8.15. The van der Waals surface area contributed by atoms with E-state index >= 15 is 0 Å². The van der Waals surface area contributed by atoms with Gasteiger partial charge in [-0.2, -0.15) is 5.10 Å². The number of anilines is 1. The minimum atomic E-state index is -0.939. The molecule has 0 radical (unpaired) electrons. The number of carbonyl (C=O) groups is 3. The van der Waals surface area contributed by atoms with Crippen molar-refractivity contribution in [2.24, 2.45) is 0 Å². The van der Waals surface area contributed by atoms with Gasteiger partial charge >= 0.3 is 12.1 Å². The van der Waals surface area contributed by atoms with E-state index in [2.05, 4.69) is 32.4 Å². The van der Waals surface area contributed by atoms with E-state index in [0.717, 1.165) is 78.1 Å². The number of piperazine rings is 1. The zero-order chi connectivity index (χ0) is 34.8. The summed E-state index contributed by atoms with van der Waals surface area (Å²) >= 11 is 0. The van der Waals surface area contributed by atoms with Gasteiger partial charge in [-0.1, -0.05) is 6.07 Å². The standard InChI is InChI=1S/C37H50N8O5/c1-25-20-26(21-28-24-38-40-34(25)28)22-33(35(46)43-18-16-42(17-19-43)29-7-11-41(2)12-8-29)50-37(48)44-13-9-30(10-14-44)45-15-6-27-23-31(49-3)4-5-32(27)39-36(45)47/h4-5,20-21,23-24,29-30,33H,6-19,22H2,1-3H3,(H,38,40)(H,39,47).